The van der Waals surface area contributed by atoms with Gasteiger partial charge in [0.05, 0.1) is 0 Å². The van der Waals surface area contributed by atoms with E-state index >= 15 is 0 Å². The molecule has 0 spiro atoms. The van der Waals surface area contributed by atoms with Crippen LogP contribution in [0.4, 0.5) is 8.78 Å². The normalized spacial score (nSPS) is 18.0. The van der Waals surface area contributed by atoms with E-state index in [9.17, 15) is 13.6 Å². The molecule has 1 aliphatic heterocycles. The standard InChI is InChI=1S/C16H12F2N2O3/c17-16(18)23-12-2-1-9(8-5-13(21)20-6-8)14-10-7-19-4-3-11(10)22-15(12)14/h1-4,7-8,16H,5-6H2,(H,20,21). The van der Waals surface area contributed by atoms with Crippen LogP contribution in [0.5, 0.6) is 5.75 Å². The molecule has 118 valence electrons. The second kappa shape index (κ2) is 5.19. The Bertz CT molecular complexity index is 907. The minimum atomic E-state index is -2.94. The predicted molar refractivity (Wildman–Crippen MR) is 78.5 cm³/mol. The predicted octanol–water partition coefficient (Wildman–Crippen LogP) is 3.19. The van der Waals surface area contributed by atoms with Gasteiger partial charge in [-0.25, -0.2) is 0 Å². The maximum atomic E-state index is 12.6. The van der Waals surface area contributed by atoms with Crippen molar-refractivity contribution in [3.05, 3.63) is 36.2 Å². The average molecular weight is 318 g/mol. The molecule has 0 radical (unpaired) electrons. The molecule has 1 amide bonds. The van der Waals surface area contributed by atoms with Crippen LogP contribution in [0.2, 0.25) is 0 Å². The number of amides is 1. The number of alkyl halides is 2. The van der Waals surface area contributed by atoms with Crippen LogP contribution in [0, 0.1) is 0 Å². The van der Waals surface area contributed by atoms with Gasteiger partial charge in [-0.05, 0) is 17.7 Å². The maximum absolute atomic E-state index is 12.6. The first-order chi connectivity index (χ1) is 11.1. The number of pyridine rings is 1. The second-order valence-electron chi connectivity index (χ2n) is 5.41. The molecule has 1 saturated heterocycles. The van der Waals surface area contributed by atoms with Gasteiger partial charge in [0.25, 0.3) is 0 Å². The third-order valence-corrected chi connectivity index (χ3v) is 4.05. The van der Waals surface area contributed by atoms with Crippen LogP contribution < -0.4 is 10.1 Å². The molecule has 4 rings (SSSR count). The number of benzene rings is 1. The first kappa shape index (κ1) is 13.9. The van der Waals surface area contributed by atoms with Crippen molar-refractivity contribution in [3.63, 3.8) is 0 Å². The van der Waals surface area contributed by atoms with Crippen molar-refractivity contribution in [1.29, 1.82) is 0 Å². The Kier molecular flexibility index (Phi) is 3.14. The fourth-order valence-electron chi connectivity index (χ4n) is 3.08. The molecule has 7 heteroatoms. The monoisotopic (exact) mass is 318 g/mol. The van der Waals surface area contributed by atoms with E-state index in [2.05, 4.69) is 15.0 Å². The van der Waals surface area contributed by atoms with Crippen molar-refractivity contribution in [2.45, 2.75) is 19.0 Å². The summed E-state index contributed by atoms with van der Waals surface area (Å²) in [7, 11) is 0. The van der Waals surface area contributed by atoms with Gasteiger partial charge >= 0.3 is 6.61 Å². The van der Waals surface area contributed by atoms with E-state index in [1.54, 1.807) is 24.5 Å². The summed E-state index contributed by atoms with van der Waals surface area (Å²) >= 11 is 0. The number of nitrogens with zero attached hydrogens (tertiary/aromatic N) is 1. The lowest BCUT2D eigenvalue weighted by atomic mass is 9.93. The molecular weight excluding hydrogens is 306 g/mol. The van der Waals surface area contributed by atoms with Gasteiger partial charge in [-0.3, -0.25) is 9.78 Å². The number of aromatic nitrogens is 1. The molecule has 1 unspecified atom stereocenters. The first-order valence-corrected chi connectivity index (χ1v) is 7.14. The molecule has 1 aliphatic rings. The molecule has 0 saturated carbocycles. The van der Waals surface area contributed by atoms with E-state index in [1.807, 2.05) is 0 Å². The lowest BCUT2D eigenvalue weighted by Crippen LogP contribution is -2.13. The summed E-state index contributed by atoms with van der Waals surface area (Å²) in [6, 6.07) is 4.85. The van der Waals surface area contributed by atoms with E-state index in [0.717, 1.165) is 10.9 Å². The molecule has 3 heterocycles. The van der Waals surface area contributed by atoms with Gasteiger partial charge in [-0.15, -0.1) is 0 Å². The molecule has 0 aliphatic carbocycles. The molecule has 1 aromatic carbocycles. The highest BCUT2D eigenvalue weighted by molar-refractivity contribution is 6.08. The van der Waals surface area contributed by atoms with Gasteiger partial charge < -0.3 is 14.5 Å². The van der Waals surface area contributed by atoms with Gasteiger partial charge in [0.15, 0.2) is 11.3 Å². The van der Waals surface area contributed by atoms with Crippen molar-refractivity contribution in [1.82, 2.24) is 10.3 Å². The van der Waals surface area contributed by atoms with Gasteiger partial charge in [0, 0.05) is 42.0 Å². The summed E-state index contributed by atoms with van der Waals surface area (Å²) < 4.78 is 35.5. The second-order valence-corrected chi connectivity index (χ2v) is 5.41. The Hall–Kier alpha value is -2.70. The third kappa shape index (κ3) is 2.28. The minimum Gasteiger partial charge on any atom is -0.452 e. The van der Waals surface area contributed by atoms with Crippen LogP contribution in [0.3, 0.4) is 0 Å². The lowest BCUT2D eigenvalue weighted by Gasteiger charge is -2.12. The summed E-state index contributed by atoms with van der Waals surface area (Å²) in [5.41, 5.74) is 1.66. The van der Waals surface area contributed by atoms with Crippen LogP contribution >= 0.6 is 0 Å². The number of carbonyl (C=O) groups excluding carboxylic acids is 1. The molecule has 3 aromatic rings. The van der Waals surface area contributed by atoms with Crippen molar-refractivity contribution in [2.24, 2.45) is 0 Å². The van der Waals surface area contributed by atoms with Gasteiger partial charge in [0.1, 0.15) is 5.58 Å². The average Bonchev–Trinajstić information content (AvgIpc) is 3.11. The van der Waals surface area contributed by atoms with Gasteiger partial charge in [-0.2, -0.15) is 8.78 Å². The van der Waals surface area contributed by atoms with Crippen LogP contribution in [0.15, 0.2) is 35.0 Å². The number of rotatable bonds is 3. The maximum Gasteiger partial charge on any atom is 0.387 e. The van der Waals surface area contributed by atoms with Crippen LogP contribution in [-0.2, 0) is 4.79 Å². The number of fused-ring (bicyclic) bond motifs is 3. The van der Waals surface area contributed by atoms with Crippen molar-refractivity contribution >= 4 is 27.8 Å². The number of furan rings is 1. The Morgan fingerprint density at radius 1 is 1.35 bits per heavy atom. The fraction of sp³-hybridized carbons (Fsp3) is 0.250. The zero-order valence-electron chi connectivity index (χ0n) is 11.9. The Morgan fingerprint density at radius 2 is 2.22 bits per heavy atom. The van der Waals surface area contributed by atoms with Gasteiger partial charge in [-0.1, -0.05) is 6.07 Å². The molecule has 5 nitrogen and oxygen atoms in total. The van der Waals surface area contributed by atoms with Crippen molar-refractivity contribution < 1.29 is 22.7 Å². The molecular formula is C16H12F2N2O3. The van der Waals surface area contributed by atoms with Crippen molar-refractivity contribution in [3.8, 4) is 5.75 Å². The highest BCUT2D eigenvalue weighted by Gasteiger charge is 2.27. The van der Waals surface area contributed by atoms with Crippen LogP contribution in [-0.4, -0.2) is 24.0 Å². The summed E-state index contributed by atoms with van der Waals surface area (Å²) in [6.07, 6.45) is 3.55. The first-order valence-electron chi connectivity index (χ1n) is 7.14. The lowest BCUT2D eigenvalue weighted by molar-refractivity contribution is -0.119. The zero-order chi connectivity index (χ0) is 16.0. The van der Waals surface area contributed by atoms with E-state index in [0.29, 0.717) is 23.9 Å². The summed E-state index contributed by atoms with van der Waals surface area (Å²) in [5.74, 6) is -0.0826. The quantitative estimate of drug-likeness (QED) is 0.805. The highest BCUT2D eigenvalue weighted by Crippen LogP contribution is 2.41. The number of hydrogen-bond acceptors (Lipinski definition) is 4. The molecule has 0 bridgehead atoms. The number of carbonyl (C=O) groups is 1. The number of hydrogen-bond donors (Lipinski definition) is 1. The van der Waals surface area contributed by atoms with Crippen LogP contribution in [0.25, 0.3) is 21.9 Å². The number of ether oxygens (including phenoxy) is 1. The van der Waals surface area contributed by atoms with E-state index in [1.165, 1.54) is 6.07 Å². The summed E-state index contributed by atoms with van der Waals surface area (Å²) in [4.78, 5) is 15.6. The fourth-order valence-corrected chi connectivity index (χ4v) is 3.08. The molecule has 23 heavy (non-hydrogen) atoms. The SMILES string of the molecule is O=C1CC(c2ccc(OC(F)F)c3oc4ccncc4c23)CN1. The molecule has 1 atom stereocenters. The minimum absolute atomic E-state index is 0.0211. The van der Waals surface area contributed by atoms with Gasteiger partial charge in [0.2, 0.25) is 5.91 Å². The van der Waals surface area contributed by atoms with Crippen LogP contribution in [0.1, 0.15) is 17.9 Å². The number of halogens is 2. The Labute approximate surface area is 129 Å². The smallest absolute Gasteiger partial charge is 0.387 e. The highest BCUT2D eigenvalue weighted by atomic mass is 19.3. The zero-order valence-corrected chi connectivity index (χ0v) is 11.9. The third-order valence-electron chi connectivity index (χ3n) is 4.05. The topological polar surface area (TPSA) is 64.4 Å². The molecule has 2 aromatic heterocycles. The molecule has 1 N–H and O–H groups in total. The van der Waals surface area contributed by atoms with E-state index < -0.39 is 6.61 Å². The van der Waals surface area contributed by atoms with E-state index in [4.69, 9.17) is 4.42 Å². The largest absolute Gasteiger partial charge is 0.452 e. The Balaban J connectivity index is 1.98. The number of nitrogens with one attached hydrogen (secondary N) is 1. The summed E-state index contributed by atoms with van der Waals surface area (Å²) in [6.45, 7) is -2.43. The molecule has 1 fully saturated rings. The Morgan fingerprint density at radius 3 is 2.96 bits per heavy atom. The van der Waals surface area contributed by atoms with Crippen molar-refractivity contribution in [2.75, 3.05) is 6.54 Å². The summed E-state index contributed by atoms with van der Waals surface area (Å²) in [5, 5.41) is 4.18. The van der Waals surface area contributed by atoms with E-state index in [-0.39, 0.29) is 23.2 Å².